The predicted molar refractivity (Wildman–Crippen MR) is 93.1 cm³/mol. The molecule has 0 saturated heterocycles. The second-order valence-corrected chi connectivity index (χ2v) is 7.07. The van der Waals surface area contributed by atoms with E-state index in [1.165, 1.54) is 16.7 Å². The predicted octanol–water partition coefficient (Wildman–Crippen LogP) is 4.85. The van der Waals surface area contributed by atoms with E-state index in [2.05, 4.69) is 48.6 Å². The molecule has 2 aromatic carbocycles. The Morgan fingerprint density at radius 1 is 1.19 bits per heavy atom. The Balaban J connectivity index is 1.69. The number of halogens is 1. The van der Waals surface area contributed by atoms with Crippen LogP contribution in [0.1, 0.15) is 29.7 Å². The highest BCUT2D eigenvalue weighted by molar-refractivity contribution is 7.98. The minimum Gasteiger partial charge on any atom is -0.306 e. The van der Waals surface area contributed by atoms with Crippen molar-refractivity contribution in [2.24, 2.45) is 0 Å². The number of rotatable bonds is 4. The van der Waals surface area contributed by atoms with Crippen molar-refractivity contribution in [3.8, 4) is 0 Å². The molecule has 2 unspecified atom stereocenters. The van der Waals surface area contributed by atoms with Gasteiger partial charge in [0.2, 0.25) is 0 Å². The van der Waals surface area contributed by atoms with E-state index in [0.717, 1.165) is 22.9 Å². The van der Waals surface area contributed by atoms with Crippen LogP contribution < -0.4 is 5.32 Å². The van der Waals surface area contributed by atoms with E-state index in [9.17, 15) is 0 Å². The van der Waals surface area contributed by atoms with Crippen molar-refractivity contribution in [1.82, 2.24) is 5.32 Å². The SMILES string of the molecule is CC(Cc1ccccc1Cl)NC1CSCc2ccccc21. The van der Waals surface area contributed by atoms with Gasteiger partial charge in [-0.3, -0.25) is 0 Å². The van der Waals surface area contributed by atoms with Gasteiger partial charge in [0.05, 0.1) is 0 Å². The van der Waals surface area contributed by atoms with Gasteiger partial charge in [0.25, 0.3) is 0 Å². The molecular weight excluding hydrogens is 298 g/mol. The Hall–Kier alpha value is -0.960. The van der Waals surface area contributed by atoms with E-state index in [0.29, 0.717) is 12.1 Å². The topological polar surface area (TPSA) is 12.0 Å². The molecule has 1 nitrogen and oxygen atoms in total. The maximum absolute atomic E-state index is 6.26. The van der Waals surface area contributed by atoms with Gasteiger partial charge in [-0.1, -0.05) is 54.1 Å². The first-order valence-corrected chi connectivity index (χ1v) is 8.92. The molecule has 21 heavy (non-hydrogen) atoms. The van der Waals surface area contributed by atoms with Crippen LogP contribution in [0.15, 0.2) is 48.5 Å². The van der Waals surface area contributed by atoms with Gasteiger partial charge < -0.3 is 5.32 Å². The summed E-state index contributed by atoms with van der Waals surface area (Å²) >= 11 is 8.27. The summed E-state index contributed by atoms with van der Waals surface area (Å²) < 4.78 is 0. The van der Waals surface area contributed by atoms with E-state index in [1.807, 2.05) is 23.9 Å². The average molecular weight is 318 g/mol. The summed E-state index contributed by atoms with van der Waals surface area (Å²) in [6.07, 6.45) is 0.961. The molecule has 0 saturated carbocycles. The summed E-state index contributed by atoms with van der Waals surface area (Å²) in [5.74, 6) is 2.27. The van der Waals surface area contributed by atoms with Gasteiger partial charge in [-0.15, -0.1) is 0 Å². The fourth-order valence-corrected chi connectivity index (χ4v) is 4.24. The smallest absolute Gasteiger partial charge is 0.0438 e. The van der Waals surface area contributed by atoms with Crippen LogP contribution in [0.25, 0.3) is 0 Å². The summed E-state index contributed by atoms with van der Waals surface area (Å²) in [4.78, 5) is 0. The molecule has 3 rings (SSSR count). The summed E-state index contributed by atoms with van der Waals surface area (Å²) in [7, 11) is 0. The van der Waals surface area contributed by atoms with Gasteiger partial charge in [0.15, 0.2) is 0 Å². The average Bonchev–Trinajstić information content (AvgIpc) is 2.50. The van der Waals surface area contributed by atoms with Crippen molar-refractivity contribution in [3.63, 3.8) is 0 Å². The second kappa shape index (κ2) is 6.87. The van der Waals surface area contributed by atoms with Gasteiger partial charge >= 0.3 is 0 Å². The summed E-state index contributed by atoms with van der Waals surface area (Å²) in [6, 6.07) is 17.7. The number of benzene rings is 2. The molecule has 1 aliphatic heterocycles. The minimum absolute atomic E-state index is 0.404. The van der Waals surface area contributed by atoms with Crippen LogP contribution in [0.4, 0.5) is 0 Å². The number of thioether (sulfide) groups is 1. The Labute approximate surface area is 136 Å². The molecule has 0 radical (unpaired) electrons. The van der Waals surface area contributed by atoms with Crippen molar-refractivity contribution >= 4 is 23.4 Å². The van der Waals surface area contributed by atoms with E-state index in [-0.39, 0.29) is 0 Å². The van der Waals surface area contributed by atoms with Crippen LogP contribution in [0, 0.1) is 0 Å². The molecular formula is C18H20ClNS. The molecule has 3 heteroatoms. The fourth-order valence-electron chi connectivity index (χ4n) is 2.92. The third kappa shape index (κ3) is 3.63. The largest absolute Gasteiger partial charge is 0.306 e. The van der Waals surface area contributed by atoms with Gasteiger partial charge in [-0.05, 0) is 36.1 Å². The summed E-state index contributed by atoms with van der Waals surface area (Å²) in [5, 5.41) is 4.64. The molecule has 0 aromatic heterocycles. The molecule has 2 atom stereocenters. The van der Waals surface area contributed by atoms with E-state index in [1.54, 1.807) is 0 Å². The number of fused-ring (bicyclic) bond motifs is 1. The van der Waals surface area contributed by atoms with Gasteiger partial charge in [0, 0.05) is 28.6 Å². The summed E-state index contributed by atoms with van der Waals surface area (Å²) in [5.41, 5.74) is 4.15. The van der Waals surface area contributed by atoms with Crippen LogP contribution in [-0.4, -0.2) is 11.8 Å². The van der Waals surface area contributed by atoms with Crippen LogP contribution >= 0.6 is 23.4 Å². The Bertz CT molecular complexity index is 614. The van der Waals surface area contributed by atoms with Crippen molar-refractivity contribution in [1.29, 1.82) is 0 Å². The zero-order chi connectivity index (χ0) is 14.7. The first-order chi connectivity index (χ1) is 10.2. The monoisotopic (exact) mass is 317 g/mol. The van der Waals surface area contributed by atoms with E-state index in [4.69, 9.17) is 11.6 Å². The third-order valence-electron chi connectivity index (χ3n) is 3.94. The van der Waals surface area contributed by atoms with Crippen molar-refractivity contribution in [2.75, 3.05) is 5.75 Å². The van der Waals surface area contributed by atoms with Crippen LogP contribution in [0.3, 0.4) is 0 Å². The Kier molecular flexibility index (Phi) is 4.89. The molecule has 1 heterocycles. The molecule has 0 fully saturated rings. The minimum atomic E-state index is 0.404. The maximum atomic E-state index is 6.26. The Morgan fingerprint density at radius 2 is 1.95 bits per heavy atom. The highest BCUT2D eigenvalue weighted by Crippen LogP contribution is 2.32. The molecule has 110 valence electrons. The lowest BCUT2D eigenvalue weighted by Gasteiger charge is -2.29. The highest BCUT2D eigenvalue weighted by atomic mass is 35.5. The zero-order valence-electron chi connectivity index (χ0n) is 12.2. The zero-order valence-corrected chi connectivity index (χ0v) is 13.8. The van der Waals surface area contributed by atoms with E-state index < -0.39 is 0 Å². The standard InChI is InChI=1S/C18H20ClNS/c1-13(10-14-6-3-5-9-17(14)19)20-18-12-21-11-15-7-2-4-8-16(15)18/h2-9,13,18,20H,10-12H2,1H3. The number of hydrogen-bond donors (Lipinski definition) is 1. The fraction of sp³-hybridized carbons (Fsp3) is 0.333. The molecule has 0 aliphatic carbocycles. The summed E-state index contributed by atoms with van der Waals surface area (Å²) in [6.45, 7) is 2.24. The lowest BCUT2D eigenvalue weighted by molar-refractivity contribution is 0.478. The molecule has 1 N–H and O–H groups in total. The van der Waals surface area contributed by atoms with Crippen LogP contribution in [0.5, 0.6) is 0 Å². The quantitative estimate of drug-likeness (QED) is 0.865. The molecule has 0 amide bonds. The highest BCUT2D eigenvalue weighted by Gasteiger charge is 2.21. The van der Waals surface area contributed by atoms with E-state index >= 15 is 0 Å². The third-order valence-corrected chi connectivity index (χ3v) is 5.40. The van der Waals surface area contributed by atoms with Gasteiger partial charge in [-0.2, -0.15) is 11.8 Å². The van der Waals surface area contributed by atoms with Gasteiger partial charge in [-0.25, -0.2) is 0 Å². The molecule has 1 aliphatic rings. The normalized spacial score (nSPS) is 19.0. The first kappa shape index (κ1) is 15.0. The maximum Gasteiger partial charge on any atom is 0.0438 e. The number of hydrogen-bond acceptors (Lipinski definition) is 2. The lowest BCUT2D eigenvalue weighted by Crippen LogP contribution is -2.35. The molecule has 2 aromatic rings. The van der Waals surface area contributed by atoms with Crippen LogP contribution in [-0.2, 0) is 12.2 Å². The second-order valence-electron chi connectivity index (χ2n) is 5.63. The van der Waals surface area contributed by atoms with Crippen molar-refractivity contribution < 1.29 is 0 Å². The number of nitrogens with one attached hydrogen (secondary N) is 1. The first-order valence-electron chi connectivity index (χ1n) is 7.39. The van der Waals surface area contributed by atoms with Crippen molar-refractivity contribution in [3.05, 3.63) is 70.2 Å². The van der Waals surface area contributed by atoms with Crippen molar-refractivity contribution in [2.45, 2.75) is 31.2 Å². The molecule has 0 bridgehead atoms. The molecule has 0 spiro atoms. The lowest BCUT2D eigenvalue weighted by atomic mass is 10.00. The van der Waals surface area contributed by atoms with Crippen LogP contribution in [0.2, 0.25) is 5.02 Å². The van der Waals surface area contributed by atoms with Gasteiger partial charge in [0.1, 0.15) is 0 Å². The Morgan fingerprint density at radius 3 is 2.81 bits per heavy atom.